The summed E-state index contributed by atoms with van der Waals surface area (Å²) in [5.74, 6) is 2.79. The Morgan fingerprint density at radius 2 is 2.00 bits per heavy atom. The Bertz CT molecular complexity index is 1480. The lowest BCUT2D eigenvalue weighted by Gasteiger charge is -2.11. The minimum atomic E-state index is -0.455. The van der Waals surface area contributed by atoms with Crippen molar-refractivity contribution < 1.29 is 9.26 Å². The van der Waals surface area contributed by atoms with E-state index in [0.29, 0.717) is 50.8 Å². The number of para-hydroxylation sites is 1. The second kappa shape index (κ2) is 7.87. The Morgan fingerprint density at radius 3 is 2.76 bits per heavy atom. The number of hydrogen-bond acceptors (Lipinski definition) is 8. The summed E-state index contributed by atoms with van der Waals surface area (Å²) in [6.07, 6.45) is 3.87. The van der Waals surface area contributed by atoms with E-state index < -0.39 is 11.2 Å². The number of rotatable bonds is 7. The first-order valence-corrected chi connectivity index (χ1v) is 11.9. The summed E-state index contributed by atoms with van der Waals surface area (Å²) < 4.78 is 12.6. The molecule has 2 aliphatic rings. The van der Waals surface area contributed by atoms with Gasteiger partial charge in [-0.1, -0.05) is 29.1 Å². The van der Waals surface area contributed by atoms with Crippen molar-refractivity contribution in [2.24, 2.45) is 0 Å². The minimum Gasteiger partial charge on any atom is -0.496 e. The molecule has 3 aromatic heterocycles. The van der Waals surface area contributed by atoms with Crippen LogP contribution in [0.3, 0.4) is 0 Å². The van der Waals surface area contributed by atoms with Crippen LogP contribution in [0.15, 0.2) is 49.5 Å². The van der Waals surface area contributed by atoms with Crippen LogP contribution in [0.1, 0.15) is 49.2 Å². The third-order valence-corrected chi connectivity index (χ3v) is 6.91. The predicted octanol–water partition coefficient (Wildman–Crippen LogP) is 3.65. The zero-order valence-electron chi connectivity index (χ0n) is 17.9. The van der Waals surface area contributed by atoms with Crippen molar-refractivity contribution >= 4 is 22.8 Å². The maximum atomic E-state index is 12.8. The van der Waals surface area contributed by atoms with Crippen LogP contribution in [0.4, 0.5) is 0 Å². The van der Waals surface area contributed by atoms with E-state index in [1.165, 1.54) is 11.8 Å². The normalized spacial score (nSPS) is 15.8. The maximum absolute atomic E-state index is 12.8. The molecule has 1 aromatic carbocycles. The van der Waals surface area contributed by atoms with Gasteiger partial charge in [0, 0.05) is 23.6 Å². The van der Waals surface area contributed by atoms with Gasteiger partial charge in [-0.25, -0.2) is 14.8 Å². The van der Waals surface area contributed by atoms with Crippen LogP contribution in [0.5, 0.6) is 5.75 Å². The van der Waals surface area contributed by atoms with Gasteiger partial charge < -0.3 is 9.26 Å². The van der Waals surface area contributed by atoms with E-state index in [9.17, 15) is 9.59 Å². The molecular formula is C23H21N5O4S. The number of fused-ring (bicyclic) bond motifs is 1. The second-order valence-electron chi connectivity index (χ2n) is 8.39. The number of methoxy groups -OCH3 is 1. The van der Waals surface area contributed by atoms with Crippen molar-refractivity contribution in [2.75, 3.05) is 7.11 Å². The van der Waals surface area contributed by atoms with Crippen LogP contribution >= 0.6 is 11.8 Å². The van der Waals surface area contributed by atoms with Gasteiger partial charge in [-0.3, -0.25) is 14.3 Å². The number of nitrogens with one attached hydrogen (secondary N) is 1. The van der Waals surface area contributed by atoms with Crippen LogP contribution in [0.25, 0.3) is 22.3 Å². The molecule has 2 saturated carbocycles. The summed E-state index contributed by atoms with van der Waals surface area (Å²) in [5, 5.41) is 5.11. The highest BCUT2D eigenvalue weighted by Gasteiger charge is 2.32. The lowest BCUT2D eigenvalue weighted by atomic mass is 10.1. The molecule has 4 aromatic rings. The molecule has 168 valence electrons. The molecule has 6 rings (SSSR count). The van der Waals surface area contributed by atoms with E-state index in [0.717, 1.165) is 31.2 Å². The average molecular weight is 464 g/mol. The third kappa shape index (κ3) is 3.74. The molecular weight excluding hydrogens is 442 g/mol. The number of thioether (sulfide) groups is 1. The number of ether oxygens (including phenoxy) is 1. The summed E-state index contributed by atoms with van der Waals surface area (Å²) in [5.41, 5.74) is 1.10. The molecule has 33 heavy (non-hydrogen) atoms. The number of aromatic amines is 1. The largest absolute Gasteiger partial charge is 0.496 e. The Labute approximate surface area is 192 Å². The van der Waals surface area contributed by atoms with Gasteiger partial charge in [-0.05, 0) is 37.8 Å². The summed E-state index contributed by atoms with van der Waals surface area (Å²) in [6, 6.07) is 9.56. The van der Waals surface area contributed by atoms with E-state index in [2.05, 4.69) is 15.1 Å². The highest BCUT2D eigenvalue weighted by atomic mass is 32.2. The van der Waals surface area contributed by atoms with Gasteiger partial charge in [0.05, 0.1) is 12.9 Å². The Morgan fingerprint density at radius 1 is 1.18 bits per heavy atom. The highest BCUT2D eigenvalue weighted by Crippen LogP contribution is 2.41. The molecule has 1 N–H and O–H groups in total. The van der Waals surface area contributed by atoms with E-state index in [4.69, 9.17) is 14.2 Å². The number of aromatic nitrogens is 5. The molecule has 0 bridgehead atoms. The Kier molecular flexibility index (Phi) is 4.83. The minimum absolute atomic E-state index is 0.0920. The van der Waals surface area contributed by atoms with Crippen molar-refractivity contribution in [3.63, 3.8) is 0 Å². The van der Waals surface area contributed by atoms with Gasteiger partial charge in [0.15, 0.2) is 5.65 Å². The molecule has 2 fully saturated rings. The quantitative estimate of drug-likeness (QED) is 0.326. The number of benzene rings is 1. The Hall–Kier alpha value is -3.40. The lowest BCUT2D eigenvalue weighted by Crippen LogP contribution is -2.31. The van der Waals surface area contributed by atoms with E-state index in [-0.39, 0.29) is 6.04 Å². The topological polar surface area (TPSA) is 116 Å². The van der Waals surface area contributed by atoms with Crippen LogP contribution in [0, 0.1) is 0 Å². The number of nitrogens with zero attached hydrogens (tertiary/aromatic N) is 4. The van der Waals surface area contributed by atoms with E-state index in [1.807, 2.05) is 30.3 Å². The zero-order chi connectivity index (χ0) is 22.5. The van der Waals surface area contributed by atoms with Crippen LogP contribution in [0.2, 0.25) is 0 Å². The second-order valence-corrected chi connectivity index (χ2v) is 9.35. The lowest BCUT2D eigenvalue weighted by molar-refractivity contribution is 0.395. The molecule has 3 heterocycles. The smallest absolute Gasteiger partial charge is 0.330 e. The fourth-order valence-electron chi connectivity index (χ4n) is 3.94. The van der Waals surface area contributed by atoms with Crippen molar-refractivity contribution in [1.82, 2.24) is 24.7 Å². The average Bonchev–Trinajstić information content (AvgIpc) is 3.75. The van der Waals surface area contributed by atoms with Crippen LogP contribution < -0.4 is 16.0 Å². The zero-order valence-corrected chi connectivity index (χ0v) is 18.7. The molecule has 0 saturated heterocycles. The molecule has 0 aliphatic heterocycles. The Balaban J connectivity index is 1.37. The van der Waals surface area contributed by atoms with Crippen molar-refractivity contribution in [3.05, 3.63) is 62.8 Å². The van der Waals surface area contributed by atoms with Crippen LogP contribution in [-0.2, 0) is 5.75 Å². The van der Waals surface area contributed by atoms with Gasteiger partial charge in [0.1, 0.15) is 33.4 Å². The molecule has 2 aliphatic carbocycles. The van der Waals surface area contributed by atoms with Gasteiger partial charge in [0.25, 0.3) is 5.56 Å². The van der Waals surface area contributed by atoms with E-state index in [1.54, 1.807) is 11.7 Å². The summed E-state index contributed by atoms with van der Waals surface area (Å²) >= 11 is 1.39. The SMILES string of the molecule is COc1ccccc1-c1cc(CSc2nc(C3CC3)nc3c2c(=O)[nH]c(=O)n3C2CC2)on1. The highest BCUT2D eigenvalue weighted by molar-refractivity contribution is 7.98. The molecule has 0 spiro atoms. The first kappa shape index (κ1) is 20.2. The van der Waals surface area contributed by atoms with Gasteiger partial charge in [-0.2, -0.15) is 0 Å². The fraction of sp³-hybridized carbons (Fsp3) is 0.348. The molecule has 9 nitrogen and oxygen atoms in total. The summed E-state index contributed by atoms with van der Waals surface area (Å²) in [7, 11) is 1.62. The van der Waals surface area contributed by atoms with E-state index >= 15 is 0 Å². The summed E-state index contributed by atoms with van der Waals surface area (Å²) in [4.78, 5) is 37.1. The molecule has 0 radical (unpaired) electrons. The van der Waals surface area contributed by atoms with Crippen molar-refractivity contribution in [1.29, 1.82) is 0 Å². The number of hydrogen-bond donors (Lipinski definition) is 1. The van der Waals surface area contributed by atoms with Crippen molar-refractivity contribution in [3.8, 4) is 17.0 Å². The molecule has 0 atom stereocenters. The summed E-state index contributed by atoms with van der Waals surface area (Å²) in [6.45, 7) is 0. The molecule has 0 amide bonds. The first-order valence-electron chi connectivity index (χ1n) is 10.9. The molecule has 0 unspecified atom stereocenters. The standard InChI is InChI=1S/C23H21N5O4S/c1-31-17-5-3-2-4-15(17)16-10-14(32-27-16)11-33-22-18-20(24-19(25-22)12-6-7-12)28(13-8-9-13)23(30)26-21(18)29/h2-5,10,12-13H,6-9,11H2,1H3,(H,26,29,30). The van der Waals surface area contributed by atoms with Gasteiger partial charge in [-0.15, -0.1) is 0 Å². The van der Waals surface area contributed by atoms with Crippen LogP contribution in [-0.4, -0.2) is 31.8 Å². The monoisotopic (exact) mass is 463 g/mol. The number of H-pyrrole nitrogens is 1. The first-order chi connectivity index (χ1) is 16.1. The molecule has 10 heteroatoms. The third-order valence-electron chi connectivity index (χ3n) is 5.92. The fourth-order valence-corrected chi connectivity index (χ4v) is 4.84. The predicted molar refractivity (Wildman–Crippen MR) is 123 cm³/mol. The van der Waals surface area contributed by atoms with Gasteiger partial charge >= 0.3 is 5.69 Å². The van der Waals surface area contributed by atoms with Gasteiger partial charge in [0.2, 0.25) is 0 Å². The maximum Gasteiger partial charge on any atom is 0.330 e. The van der Waals surface area contributed by atoms with Crippen molar-refractivity contribution in [2.45, 2.75) is 48.4 Å².